The van der Waals surface area contributed by atoms with Crippen molar-refractivity contribution in [1.82, 2.24) is 15.5 Å². The summed E-state index contributed by atoms with van der Waals surface area (Å²) in [4.78, 5) is 18.7. The first-order valence-electron chi connectivity index (χ1n) is 9.98. The molecule has 1 heterocycles. The summed E-state index contributed by atoms with van der Waals surface area (Å²) in [6.45, 7) is 2.92. The zero-order valence-electron chi connectivity index (χ0n) is 16.7. The molecule has 6 heteroatoms. The van der Waals surface area contributed by atoms with Crippen molar-refractivity contribution < 1.29 is 4.79 Å². The molecule has 0 saturated carbocycles. The Morgan fingerprint density at radius 3 is 2.59 bits per heavy atom. The summed E-state index contributed by atoms with van der Waals surface area (Å²) in [6, 6.07) is 10.7. The standard InChI is InChI=1S/C21H34N4OS/c1-22-21(23-12-6-7-15-27-2)24-17-20(26)25-13-10-19(11-14-25)16-18-8-4-3-5-9-18/h3-5,8-9,19H,6-7,10-17H2,1-2H3,(H2,22,23,24). The number of piperidine rings is 1. The van der Waals surface area contributed by atoms with E-state index in [4.69, 9.17) is 0 Å². The Balaban J connectivity index is 1.63. The molecule has 0 radical (unpaired) electrons. The molecule has 27 heavy (non-hydrogen) atoms. The van der Waals surface area contributed by atoms with Crippen LogP contribution in [-0.4, -0.2) is 62.0 Å². The Hall–Kier alpha value is -1.69. The maximum absolute atomic E-state index is 12.5. The maximum atomic E-state index is 12.5. The molecule has 0 bridgehead atoms. The molecule has 1 fully saturated rings. The average molecular weight is 391 g/mol. The van der Waals surface area contributed by atoms with E-state index >= 15 is 0 Å². The van der Waals surface area contributed by atoms with Gasteiger partial charge in [-0.25, -0.2) is 0 Å². The van der Waals surface area contributed by atoms with Crippen LogP contribution in [0, 0.1) is 5.92 Å². The van der Waals surface area contributed by atoms with E-state index in [-0.39, 0.29) is 5.91 Å². The number of aliphatic imine (C=N–C) groups is 1. The highest BCUT2D eigenvalue weighted by Crippen LogP contribution is 2.21. The molecule has 2 N–H and O–H groups in total. The molecule has 0 aromatic heterocycles. The molecule has 1 aromatic rings. The first-order chi connectivity index (χ1) is 13.2. The third kappa shape index (κ3) is 8.24. The number of carbonyl (C=O) groups is 1. The van der Waals surface area contributed by atoms with Crippen LogP contribution in [0.1, 0.15) is 31.2 Å². The molecule has 1 aliphatic rings. The molecule has 0 aliphatic carbocycles. The smallest absolute Gasteiger partial charge is 0.241 e. The van der Waals surface area contributed by atoms with Gasteiger partial charge in [0.1, 0.15) is 0 Å². The number of carbonyl (C=O) groups excluding carboxylic acids is 1. The molecule has 0 spiro atoms. The van der Waals surface area contributed by atoms with Gasteiger partial charge in [0.25, 0.3) is 0 Å². The van der Waals surface area contributed by atoms with Crippen LogP contribution in [0.2, 0.25) is 0 Å². The van der Waals surface area contributed by atoms with Gasteiger partial charge in [0.2, 0.25) is 5.91 Å². The number of rotatable bonds is 9. The Morgan fingerprint density at radius 2 is 1.93 bits per heavy atom. The second-order valence-corrected chi connectivity index (χ2v) is 8.05. The summed E-state index contributed by atoms with van der Waals surface area (Å²) in [5, 5.41) is 6.43. The van der Waals surface area contributed by atoms with Gasteiger partial charge in [0.05, 0.1) is 6.54 Å². The SMILES string of the molecule is CN=C(NCCCCSC)NCC(=O)N1CCC(Cc2ccccc2)CC1. The summed E-state index contributed by atoms with van der Waals surface area (Å²) in [7, 11) is 1.75. The number of likely N-dealkylation sites (tertiary alicyclic amines) is 1. The molecule has 1 amide bonds. The summed E-state index contributed by atoms with van der Waals surface area (Å²) < 4.78 is 0. The van der Waals surface area contributed by atoms with Crippen molar-refractivity contribution in [3.63, 3.8) is 0 Å². The summed E-state index contributed by atoms with van der Waals surface area (Å²) in [6.07, 6.45) is 7.73. The first-order valence-corrected chi connectivity index (χ1v) is 11.4. The predicted octanol–water partition coefficient (Wildman–Crippen LogP) is 2.78. The van der Waals surface area contributed by atoms with Crippen molar-refractivity contribution in [2.45, 2.75) is 32.1 Å². The third-order valence-electron chi connectivity index (χ3n) is 5.03. The number of amides is 1. The van der Waals surface area contributed by atoms with Crippen LogP contribution in [0.3, 0.4) is 0 Å². The number of nitrogens with zero attached hydrogens (tertiary/aromatic N) is 2. The summed E-state index contributed by atoms with van der Waals surface area (Å²) >= 11 is 1.87. The van der Waals surface area contributed by atoms with Crippen molar-refractivity contribution in [2.75, 3.05) is 45.2 Å². The predicted molar refractivity (Wildman–Crippen MR) is 116 cm³/mol. The highest BCUT2D eigenvalue weighted by atomic mass is 32.2. The first kappa shape index (κ1) is 21.6. The van der Waals surface area contributed by atoms with E-state index in [2.05, 4.69) is 52.2 Å². The van der Waals surface area contributed by atoms with E-state index in [1.165, 1.54) is 17.7 Å². The van der Waals surface area contributed by atoms with E-state index in [9.17, 15) is 4.79 Å². The van der Waals surface area contributed by atoms with Gasteiger partial charge < -0.3 is 15.5 Å². The summed E-state index contributed by atoms with van der Waals surface area (Å²) in [5.41, 5.74) is 1.40. The van der Waals surface area contributed by atoms with Crippen LogP contribution in [0.25, 0.3) is 0 Å². The van der Waals surface area contributed by atoms with Crippen LogP contribution in [0.15, 0.2) is 35.3 Å². The van der Waals surface area contributed by atoms with Gasteiger partial charge in [-0.2, -0.15) is 11.8 Å². The fourth-order valence-corrected chi connectivity index (χ4v) is 3.90. The fourth-order valence-electron chi connectivity index (χ4n) is 3.40. The van der Waals surface area contributed by atoms with E-state index in [0.717, 1.165) is 45.3 Å². The van der Waals surface area contributed by atoms with Crippen LogP contribution in [0.4, 0.5) is 0 Å². The number of guanidine groups is 1. The van der Waals surface area contributed by atoms with E-state index < -0.39 is 0 Å². The lowest BCUT2D eigenvalue weighted by atomic mass is 9.90. The minimum absolute atomic E-state index is 0.165. The van der Waals surface area contributed by atoms with E-state index in [0.29, 0.717) is 18.4 Å². The van der Waals surface area contributed by atoms with Crippen molar-refractivity contribution in [3.8, 4) is 0 Å². The van der Waals surface area contributed by atoms with Crippen LogP contribution < -0.4 is 10.6 Å². The molecule has 150 valence electrons. The minimum atomic E-state index is 0.165. The number of thioether (sulfide) groups is 1. The molecular formula is C21H34N4OS. The number of nitrogens with one attached hydrogen (secondary N) is 2. The maximum Gasteiger partial charge on any atom is 0.241 e. The molecule has 0 atom stereocenters. The molecule has 5 nitrogen and oxygen atoms in total. The number of benzene rings is 1. The lowest BCUT2D eigenvalue weighted by Gasteiger charge is -2.32. The zero-order chi connectivity index (χ0) is 19.3. The van der Waals surface area contributed by atoms with Crippen LogP contribution in [-0.2, 0) is 11.2 Å². The average Bonchev–Trinajstić information content (AvgIpc) is 2.71. The van der Waals surface area contributed by atoms with E-state index in [1.54, 1.807) is 7.05 Å². The van der Waals surface area contributed by atoms with Crippen LogP contribution in [0.5, 0.6) is 0 Å². The summed E-state index contributed by atoms with van der Waals surface area (Å²) in [5.74, 6) is 2.75. The highest BCUT2D eigenvalue weighted by Gasteiger charge is 2.22. The molecule has 1 saturated heterocycles. The lowest BCUT2D eigenvalue weighted by Crippen LogP contribution is -2.47. The topological polar surface area (TPSA) is 56.7 Å². The monoisotopic (exact) mass is 390 g/mol. The highest BCUT2D eigenvalue weighted by molar-refractivity contribution is 7.98. The van der Waals surface area contributed by atoms with Gasteiger partial charge >= 0.3 is 0 Å². The second-order valence-electron chi connectivity index (χ2n) is 7.07. The molecule has 1 aliphatic heterocycles. The van der Waals surface area contributed by atoms with Crippen LogP contribution >= 0.6 is 11.8 Å². The lowest BCUT2D eigenvalue weighted by molar-refractivity contribution is -0.131. The largest absolute Gasteiger partial charge is 0.356 e. The van der Waals surface area contributed by atoms with Gasteiger partial charge in [0, 0.05) is 26.7 Å². The van der Waals surface area contributed by atoms with Crippen molar-refractivity contribution in [3.05, 3.63) is 35.9 Å². The zero-order valence-corrected chi connectivity index (χ0v) is 17.6. The molecule has 0 unspecified atom stereocenters. The molecule has 2 rings (SSSR count). The minimum Gasteiger partial charge on any atom is -0.356 e. The van der Waals surface area contributed by atoms with Crippen molar-refractivity contribution in [2.24, 2.45) is 10.9 Å². The number of unbranched alkanes of at least 4 members (excludes halogenated alkanes) is 1. The molecular weight excluding hydrogens is 356 g/mol. The number of hydrogen-bond donors (Lipinski definition) is 2. The third-order valence-corrected chi connectivity index (χ3v) is 5.73. The van der Waals surface area contributed by atoms with Gasteiger partial charge in [0.15, 0.2) is 5.96 Å². The van der Waals surface area contributed by atoms with Gasteiger partial charge in [-0.05, 0) is 55.6 Å². The Kier molecular flexibility index (Phi) is 10.1. The fraction of sp³-hybridized carbons (Fsp3) is 0.619. The van der Waals surface area contributed by atoms with Gasteiger partial charge in [-0.1, -0.05) is 30.3 Å². The molecule has 1 aromatic carbocycles. The Morgan fingerprint density at radius 1 is 1.19 bits per heavy atom. The second kappa shape index (κ2) is 12.7. The normalized spacial score (nSPS) is 15.6. The van der Waals surface area contributed by atoms with Gasteiger partial charge in [-0.15, -0.1) is 0 Å². The van der Waals surface area contributed by atoms with Crippen molar-refractivity contribution in [1.29, 1.82) is 0 Å². The van der Waals surface area contributed by atoms with Crippen molar-refractivity contribution >= 4 is 23.6 Å². The van der Waals surface area contributed by atoms with Gasteiger partial charge in [-0.3, -0.25) is 9.79 Å². The Bertz CT molecular complexity index is 571. The Labute approximate surface area is 168 Å². The number of hydrogen-bond acceptors (Lipinski definition) is 3. The quantitative estimate of drug-likeness (QED) is 0.387. The van der Waals surface area contributed by atoms with E-state index in [1.807, 2.05) is 16.7 Å².